The molecule has 1 unspecified atom stereocenters. The summed E-state index contributed by atoms with van der Waals surface area (Å²) in [5, 5.41) is 5.67. The number of aromatic nitrogens is 2. The van der Waals surface area contributed by atoms with Gasteiger partial charge in [-0.2, -0.15) is 0 Å². The zero-order chi connectivity index (χ0) is 23.7. The Balaban J connectivity index is 1.22. The number of esters is 1. The van der Waals surface area contributed by atoms with Crippen LogP contribution in [0.5, 0.6) is 0 Å². The van der Waals surface area contributed by atoms with Gasteiger partial charge in [0.2, 0.25) is 0 Å². The standard InChI is InChI=1S/C25H30N6O3/c1-16(2)33-25(32)20-12-21-15-30(10-11-31(21)14-20)9-8-27-24-22-13-19(23-28-17(3)34-29-23)5-4-18(22)6-7-26-24/h4-7,12-14,16-17H,8-11,15H2,1-3H3,(H,26,27)(H,28,29). The van der Waals surface area contributed by atoms with Gasteiger partial charge in [-0.15, -0.1) is 0 Å². The summed E-state index contributed by atoms with van der Waals surface area (Å²) >= 11 is 0. The molecule has 0 bridgehead atoms. The third kappa shape index (κ3) is 4.76. The molecule has 2 aliphatic heterocycles. The Hall–Kier alpha value is -3.43. The van der Waals surface area contributed by atoms with Gasteiger partial charge in [0.05, 0.1) is 11.7 Å². The Morgan fingerprint density at radius 3 is 2.97 bits per heavy atom. The summed E-state index contributed by atoms with van der Waals surface area (Å²) in [6.07, 6.45) is 3.42. The van der Waals surface area contributed by atoms with E-state index in [1.807, 2.05) is 51.4 Å². The number of aliphatic imine (C=N–C) groups is 1. The van der Waals surface area contributed by atoms with Crippen molar-refractivity contribution in [1.82, 2.24) is 19.9 Å². The van der Waals surface area contributed by atoms with Gasteiger partial charge in [0.1, 0.15) is 5.82 Å². The number of anilines is 1. The number of nitrogens with zero attached hydrogens (tertiary/aromatic N) is 4. The molecule has 0 spiro atoms. The number of carbonyl (C=O) groups excluding carboxylic acids is 1. The van der Waals surface area contributed by atoms with E-state index < -0.39 is 0 Å². The molecule has 0 amide bonds. The molecule has 3 aromatic rings. The molecule has 4 heterocycles. The van der Waals surface area contributed by atoms with Crippen LogP contribution in [0.2, 0.25) is 0 Å². The summed E-state index contributed by atoms with van der Waals surface area (Å²) in [6, 6.07) is 10.2. The first-order valence-electron chi connectivity index (χ1n) is 11.7. The molecule has 5 rings (SSSR count). The summed E-state index contributed by atoms with van der Waals surface area (Å²) < 4.78 is 7.49. The molecule has 0 fully saturated rings. The second-order valence-corrected chi connectivity index (χ2v) is 8.96. The smallest absolute Gasteiger partial charge is 0.339 e. The third-order valence-electron chi connectivity index (χ3n) is 6.00. The lowest BCUT2D eigenvalue weighted by Gasteiger charge is -2.28. The molecule has 0 saturated carbocycles. The van der Waals surface area contributed by atoms with Gasteiger partial charge in [-0.1, -0.05) is 12.1 Å². The van der Waals surface area contributed by atoms with Crippen LogP contribution in [0.15, 0.2) is 47.7 Å². The lowest BCUT2D eigenvalue weighted by atomic mass is 10.1. The van der Waals surface area contributed by atoms with Crippen molar-refractivity contribution in [2.24, 2.45) is 4.99 Å². The Kier molecular flexibility index (Phi) is 6.21. The zero-order valence-corrected chi connectivity index (χ0v) is 19.7. The van der Waals surface area contributed by atoms with Crippen molar-refractivity contribution in [2.45, 2.75) is 46.2 Å². The van der Waals surface area contributed by atoms with E-state index in [1.165, 1.54) is 0 Å². The summed E-state index contributed by atoms with van der Waals surface area (Å²) in [5.74, 6) is 1.33. The average molecular weight is 463 g/mol. The van der Waals surface area contributed by atoms with Gasteiger partial charge in [-0.25, -0.2) is 25.1 Å². The van der Waals surface area contributed by atoms with Crippen LogP contribution in [0.4, 0.5) is 5.82 Å². The number of carbonyl (C=O) groups is 1. The van der Waals surface area contributed by atoms with Gasteiger partial charge in [0.25, 0.3) is 0 Å². The Labute approximate surface area is 198 Å². The fourth-order valence-corrected chi connectivity index (χ4v) is 4.34. The SMILES string of the molecule is CC(C)OC(=O)c1cc2n(c1)CCN(CCNc1nccc3ccc(C4=NC(C)ON4)cc13)C2. The summed E-state index contributed by atoms with van der Waals surface area (Å²) in [5.41, 5.74) is 5.62. The van der Waals surface area contributed by atoms with Crippen LogP contribution in [0.3, 0.4) is 0 Å². The summed E-state index contributed by atoms with van der Waals surface area (Å²) in [6.45, 7) is 9.84. The molecule has 178 valence electrons. The predicted molar refractivity (Wildman–Crippen MR) is 131 cm³/mol. The monoisotopic (exact) mass is 462 g/mol. The number of rotatable bonds is 7. The third-order valence-corrected chi connectivity index (χ3v) is 6.00. The van der Waals surface area contributed by atoms with E-state index in [0.29, 0.717) is 5.56 Å². The van der Waals surface area contributed by atoms with E-state index in [4.69, 9.17) is 9.57 Å². The van der Waals surface area contributed by atoms with Crippen LogP contribution < -0.4 is 10.8 Å². The molecule has 2 aromatic heterocycles. The highest BCUT2D eigenvalue weighted by Crippen LogP contribution is 2.24. The summed E-state index contributed by atoms with van der Waals surface area (Å²) in [7, 11) is 0. The van der Waals surface area contributed by atoms with Crippen LogP contribution in [0.1, 0.15) is 42.4 Å². The lowest BCUT2D eigenvalue weighted by molar-refractivity contribution is 0.0377. The molecule has 1 atom stereocenters. The maximum Gasteiger partial charge on any atom is 0.339 e. The molecule has 9 heteroatoms. The van der Waals surface area contributed by atoms with Crippen LogP contribution in [-0.2, 0) is 22.7 Å². The first-order chi connectivity index (χ1) is 16.5. The number of fused-ring (bicyclic) bond motifs is 2. The zero-order valence-electron chi connectivity index (χ0n) is 19.7. The van der Waals surface area contributed by atoms with Crippen molar-refractivity contribution in [2.75, 3.05) is 25.0 Å². The quantitative estimate of drug-likeness (QED) is 0.521. The van der Waals surface area contributed by atoms with Crippen molar-refractivity contribution >= 4 is 28.4 Å². The Morgan fingerprint density at radius 2 is 2.18 bits per heavy atom. The molecule has 34 heavy (non-hydrogen) atoms. The molecule has 2 aliphatic rings. The van der Waals surface area contributed by atoms with Crippen molar-refractivity contribution in [3.63, 3.8) is 0 Å². The first-order valence-corrected chi connectivity index (χ1v) is 11.7. The topological polar surface area (TPSA) is 93.0 Å². The molecule has 2 N–H and O–H groups in total. The minimum atomic E-state index is -0.258. The molecule has 0 saturated heterocycles. The molecular formula is C25H30N6O3. The second-order valence-electron chi connectivity index (χ2n) is 8.96. The molecule has 0 aliphatic carbocycles. The minimum Gasteiger partial charge on any atom is -0.459 e. The molecule has 0 radical (unpaired) electrons. The first kappa shape index (κ1) is 22.4. The number of pyridine rings is 1. The number of amidine groups is 1. The van der Waals surface area contributed by atoms with E-state index in [2.05, 4.69) is 42.4 Å². The highest BCUT2D eigenvalue weighted by Gasteiger charge is 2.21. The minimum absolute atomic E-state index is 0.120. The number of benzene rings is 1. The highest BCUT2D eigenvalue weighted by atomic mass is 16.7. The summed E-state index contributed by atoms with van der Waals surface area (Å²) in [4.78, 5) is 29.0. The van der Waals surface area contributed by atoms with Crippen molar-refractivity contribution in [3.05, 3.63) is 59.5 Å². The van der Waals surface area contributed by atoms with E-state index in [0.717, 1.165) is 66.4 Å². The van der Waals surface area contributed by atoms with Crippen molar-refractivity contribution < 1.29 is 14.4 Å². The van der Waals surface area contributed by atoms with Crippen LogP contribution in [0.25, 0.3) is 10.8 Å². The maximum absolute atomic E-state index is 12.2. The van der Waals surface area contributed by atoms with Crippen LogP contribution in [0, 0.1) is 0 Å². The number of ether oxygens (including phenoxy) is 1. The second kappa shape index (κ2) is 9.44. The number of hydrogen-bond acceptors (Lipinski definition) is 8. The molecular weight excluding hydrogens is 432 g/mol. The molecule has 9 nitrogen and oxygen atoms in total. The Bertz CT molecular complexity index is 1230. The molecule has 1 aromatic carbocycles. The largest absolute Gasteiger partial charge is 0.459 e. The maximum atomic E-state index is 12.2. The van der Waals surface area contributed by atoms with E-state index in [-0.39, 0.29) is 18.3 Å². The van der Waals surface area contributed by atoms with Crippen LogP contribution in [-0.4, -0.2) is 58.2 Å². The number of hydrogen-bond donors (Lipinski definition) is 2. The van der Waals surface area contributed by atoms with Crippen molar-refractivity contribution in [1.29, 1.82) is 0 Å². The van der Waals surface area contributed by atoms with Gasteiger partial charge >= 0.3 is 5.97 Å². The highest BCUT2D eigenvalue weighted by molar-refractivity contribution is 6.04. The van der Waals surface area contributed by atoms with Crippen LogP contribution >= 0.6 is 0 Å². The van der Waals surface area contributed by atoms with Gasteiger partial charge < -0.3 is 14.6 Å². The number of nitrogens with one attached hydrogen (secondary N) is 2. The average Bonchev–Trinajstić information content (AvgIpc) is 3.44. The van der Waals surface area contributed by atoms with E-state index in [1.54, 1.807) is 0 Å². The van der Waals surface area contributed by atoms with Gasteiger partial charge in [0, 0.05) is 61.8 Å². The Morgan fingerprint density at radius 1 is 1.29 bits per heavy atom. The van der Waals surface area contributed by atoms with E-state index in [9.17, 15) is 4.79 Å². The fraction of sp³-hybridized carbons (Fsp3) is 0.400. The van der Waals surface area contributed by atoms with Crippen molar-refractivity contribution in [3.8, 4) is 0 Å². The van der Waals surface area contributed by atoms with Gasteiger partial charge in [-0.05, 0) is 44.4 Å². The normalized spacial score (nSPS) is 18.0. The lowest BCUT2D eigenvalue weighted by Crippen LogP contribution is -2.36. The van der Waals surface area contributed by atoms with E-state index >= 15 is 0 Å². The van der Waals surface area contributed by atoms with Gasteiger partial charge in [-0.3, -0.25) is 4.90 Å². The number of hydroxylamine groups is 1. The van der Waals surface area contributed by atoms with Gasteiger partial charge in [0.15, 0.2) is 12.1 Å². The fourth-order valence-electron chi connectivity index (χ4n) is 4.34. The predicted octanol–water partition coefficient (Wildman–Crippen LogP) is 3.16.